The summed E-state index contributed by atoms with van der Waals surface area (Å²) in [6.45, 7) is 0. The van der Waals surface area contributed by atoms with Crippen LogP contribution in [-0.2, 0) is 7.05 Å². The average molecular weight is 223 g/mol. The molecule has 0 N–H and O–H groups in total. The third-order valence-corrected chi connectivity index (χ3v) is 2.36. The van der Waals surface area contributed by atoms with Crippen molar-refractivity contribution in [1.82, 2.24) is 0 Å². The van der Waals surface area contributed by atoms with Crippen molar-refractivity contribution in [2.45, 2.75) is 0 Å². The van der Waals surface area contributed by atoms with Gasteiger partial charge in [0.2, 0.25) is 5.52 Å². The highest BCUT2D eigenvalue weighted by atomic mass is 79.9. The molecule has 1 nitrogen and oxygen atoms in total. The standard InChI is InChI=1S/C10H9BrN/c1-12-7-9(11)6-8-4-2-3-5-10(8)12/h2-7H,1H3/q+1. The lowest BCUT2D eigenvalue weighted by Crippen LogP contribution is -2.28. The number of pyridine rings is 1. The SMILES string of the molecule is C[n+]1cc(Br)cc2ccccc21. The molecule has 0 amide bonds. The largest absolute Gasteiger partial charge is 0.212 e. The van der Waals surface area contributed by atoms with E-state index in [1.165, 1.54) is 10.9 Å². The molecule has 0 radical (unpaired) electrons. The molecule has 0 aliphatic heterocycles. The Bertz CT molecular complexity index is 423. The summed E-state index contributed by atoms with van der Waals surface area (Å²) in [5, 5.41) is 1.26. The first-order chi connectivity index (χ1) is 5.77. The van der Waals surface area contributed by atoms with E-state index in [-0.39, 0.29) is 0 Å². The Hall–Kier alpha value is -0.890. The molecular weight excluding hydrogens is 214 g/mol. The average Bonchev–Trinajstić information content (AvgIpc) is 2.04. The first kappa shape index (κ1) is 7.74. The highest BCUT2D eigenvalue weighted by Crippen LogP contribution is 2.14. The molecule has 60 valence electrons. The number of benzene rings is 1. The minimum Gasteiger partial charge on any atom is -0.200 e. The molecule has 0 atom stereocenters. The maximum absolute atomic E-state index is 3.46. The van der Waals surface area contributed by atoms with Crippen LogP contribution in [0.5, 0.6) is 0 Å². The van der Waals surface area contributed by atoms with Gasteiger partial charge in [0.25, 0.3) is 0 Å². The van der Waals surface area contributed by atoms with Crippen molar-refractivity contribution < 1.29 is 4.57 Å². The highest BCUT2D eigenvalue weighted by molar-refractivity contribution is 9.10. The molecule has 2 aromatic rings. The number of rotatable bonds is 0. The second-order valence-electron chi connectivity index (χ2n) is 2.83. The Morgan fingerprint density at radius 3 is 2.83 bits per heavy atom. The number of nitrogens with zero attached hydrogens (tertiary/aromatic N) is 1. The molecule has 1 aromatic carbocycles. The molecule has 0 aliphatic carbocycles. The summed E-state index contributed by atoms with van der Waals surface area (Å²) in [6.07, 6.45) is 2.06. The van der Waals surface area contributed by atoms with Crippen LogP contribution < -0.4 is 4.57 Å². The van der Waals surface area contributed by atoms with Gasteiger partial charge in [-0.1, -0.05) is 12.1 Å². The van der Waals surface area contributed by atoms with Crippen molar-refractivity contribution >= 4 is 26.8 Å². The lowest BCUT2D eigenvalue weighted by atomic mass is 10.2. The Labute approximate surface area is 79.8 Å². The summed E-state index contributed by atoms with van der Waals surface area (Å²) in [5.74, 6) is 0. The molecule has 0 aliphatic rings. The van der Waals surface area contributed by atoms with E-state index < -0.39 is 0 Å². The van der Waals surface area contributed by atoms with Crippen molar-refractivity contribution in [2.24, 2.45) is 7.05 Å². The molecule has 0 bridgehead atoms. The molecule has 2 rings (SSSR count). The van der Waals surface area contributed by atoms with Gasteiger partial charge in [0.1, 0.15) is 7.05 Å². The number of para-hydroxylation sites is 1. The molecule has 2 heteroatoms. The minimum absolute atomic E-state index is 1.11. The molecular formula is C10H9BrN+. The maximum atomic E-state index is 3.46. The normalized spacial score (nSPS) is 10.5. The smallest absolute Gasteiger partial charge is 0.200 e. The fraction of sp³-hybridized carbons (Fsp3) is 0.100. The third kappa shape index (κ3) is 1.23. The quantitative estimate of drug-likeness (QED) is 0.604. The van der Waals surface area contributed by atoms with Crippen molar-refractivity contribution in [1.29, 1.82) is 0 Å². The van der Waals surface area contributed by atoms with Gasteiger partial charge in [-0.15, -0.1) is 0 Å². The van der Waals surface area contributed by atoms with Gasteiger partial charge in [-0.05, 0) is 28.1 Å². The fourth-order valence-corrected chi connectivity index (χ4v) is 1.92. The molecule has 0 fully saturated rings. The van der Waals surface area contributed by atoms with E-state index in [0.29, 0.717) is 0 Å². The predicted octanol–water partition coefficient (Wildman–Crippen LogP) is 2.43. The molecule has 1 heterocycles. The molecule has 0 unspecified atom stereocenters. The number of hydrogen-bond donors (Lipinski definition) is 0. The van der Waals surface area contributed by atoms with Crippen LogP contribution in [0.4, 0.5) is 0 Å². The van der Waals surface area contributed by atoms with Gasteiger partial charge in [-0.25, -0.2) is 0 Å². The lowest BCUT2D eigenvalue weighted by Gasteiger charge is -1.95. The van der Waals surface area contributed by atoms with Gasteiger partial charge >= 0.3 is 0 Å². The van der Waals surface area contributed by atoms with E-state index >= 15 is 0 Å². The molecule has 0 saturated carbocycles. The van der Waals surface area contributed by atoms with E-state index in [2.05, 4.69) is 57.0 Å². The van der Waals surface area contributed by atoms with Crippen molar-refractivity contribution in [3.63, 3.8) is 0 Å². The molecule has 0 spiro atoms. The van der Waals surface area contributed by atoms with Gasteiger partial charge < -0.3 is 0 Å². The zero-order chi connectivity index (χ0) is 8.55. The summed E-state index contributed by atoms with van der Waals surface area (Å²) in [7, 11) is 2.05. The van der Waals surface area contributed by atoms with Crippen LogP contribution >= 0.6 is 15.9 Å². The first-order valence-electron chi connectivity index (χ1n) is 3.81. The van der Waals surface area contributed by atoms with Crippen molar-refractivity contribution in [3.05, 3.63) is 41.0 Å². The number of hydrogen-bond acceptors (Lipinski definition) is 0. The van der Waals surface area contributed by atoms with E-state index in [4.69, 9.17) is 0 Å². The topological polar surface area (TPSA) is 3.88 Å². The monoisotopic (exact) mass is 222 g/mol. The van der Waals surface area contributed by atoms with E-state index in [9.17, 15) is 0 Å². The number of aromatic nitrogens is 1. The van der Waals surface area contributed by atoms with Crippen LogP contribution in [0.2, 0.25) is 0 Å². The fourth-order valence-electron chi connectivity index (χ4n) is 1.37. The molecule has 0 saturated heterocycles. The van der Waals surface area contributed by atoms with Crippen LogP contribution in [0.15, 0.2) is 41.0 Å². The van der Waals surface area contributed by atoms with Crippen LogP contribution in [0.1, 0.15) is 0 Å². The zero-order valence-electron chi connectivity index (χ0n) is 6.79. The summed E-state index contributed by atoms with van der Waals surface area (Å²) < 4.78 is 3.23. The van der Waals surface area contributed by atoms with Crippen LogP contribution in [-0.4, -0.2) is 0 Å². The summed E-state index contributed by atoms with van der Waals surface area (Å²) >= 11 is 3.46. The first-order valence-corrected chi connectivity index (χ1v) is 4.60. The number of aryl methyl sites for hydroxylation is 1. The second-order valence-corrected chi connectivity index (χ2v) is 3.74. The van der Waals surface area contributed by atoms with Crippen LogP contribution in [0.3, 0.4) is 0 Å². The van der Waals surface area contributed by atoms with Gasteiger partial charge in [-0.3, -0.25) is 0 Å². The van der Waals surface area contributed by atoms with E-state index in [0.717, 1.165) is 4.47 Å². The Kier molecular flexibility index (Phi) is 1.85. The van der Waals surface area contributed by atoms with Crippen molar-refractivity contribution in [3.8, 4) is 0 Å². The number of halogens is 1. The lowest BCUT2D eigenvalue weighted by molar-refractivity contribution is -0.645. The van der Waals surface area contributed by atoms with E-state index in [1.807, 2.05) is 7.05 Å². The van der Waals surface area contributed by atoms with Gasteiger partial charge in [0.05, 0.1) is 4.47 Å². The van der Waals surface area contributed by atoms with Gasteiger partial charge in [0, 0.05) is 11.5 Å². The van der Waals surface area contributed by atoms with E-state index in [1.54, 1.807) is 0 Å². The molecule has 12 heavy (non-hydrogen) atoms. The Balaban J connectivity index is 2.89. The summed E-state index contributed by atoms with van der Waals surface area (Å²) in [5.41, 5.74) is 1.25. The highest BCUT2D eigenvalue weighted by Gasteiger charge is 2.03. The summed E-state index contributed by atoms with van der Waals surface area (Å²) in [6, 6.07) is 10.4. The second kappa shape index (κ2) is 2.87. The Morgan fingerprint density at radius 2 is 2.00 bits per heavy atom. The summed E-state index contributed by atoms with van der Waals surface area (Å²) in [4.78, 5) is 0. The Morgan fingerprint density at radius 1 is 1.25 bits per heavy atom. The van der Waals surface area contributed by atoms with Crippen molar-refractivity contribution in [2.75, 3.05) is 0 Å². The van der Waals surface area contributed by atoms with Gasteiger partial charge in [0.15, 0.2) is 6.20 Å². The molecule has 1 aromatic heterocycles. The minimum atomic E-state index is 1.11. The van der Waals surface area contributed by atoms with Gasteiger partial charge in [-0.2, -0.15) is 4.57 Å². The maximum Gasteiger partial charge on any atom is 0.212 e. The van der Waals surface area contributed by atoms with Crippen LogP contribution in [0.25, 0.3) is 10.9 Å². The third-order valence-electron chi connectivity index (χ3n) is 1.93. The predicted molar refractivity (Wildman–Crippen MR) is 52.8 cm³/mol. The zero-order valence-corrected chi connectivity index (χ0v) is 8.38. The number of fused-ring (bicyclic) bond motifs is 1. The van der Waals surface area contributed by atoms with Crippen LogP contribution in [0, 0.1) is 0 Å².